The lowest BCUT2D eigenvalue weighted by molar-refractivity contribution is -0.149. The lowest BCUT2D eigenvalue weighted by atomic mass is 10.2. The van der Waals surface area contributed by atoms with Gasteiger partial charge in [-0.2, -0.15) is 0 Å². The first-order chi connectivity index (χ1) is 10.1. The van der Waals surface area contributed by atoms with Gasteiger partial charge < -0.3 is 13.9 Å². The number of rotatable bonds is 6. The standard InChI is InChI=1S/C16H17NO4/c1-12(2)21-16(18)11-20-14-7-5-13(6-8-14)10-17-15-4-3-9-19-15/h3-10,12H,11H2,1-2H3. The van der Waals surface area contributed by atoms with Gasteiger partial charge in [0, 0.05) is 12.3 Å². The molecule has 5 nitrogen and oxygen atoms in total. The summed E-state index contributed by atoms with van der Waals surface area (Å²) in [5, 5.41) is 0. The smallest absolute Gasteiger partial charge is 0.344 e. The molecule has 0 atom stereocenters. The van der Waals surface area contributed by atoms with Crippen LogP contribution < -0.4 is 4.74 Å². The van der Waals surface area contributed by atoms with Gasteiger partial charge in [0.1, 0.15) is 5.75 Å². The van der Waals surface area contributed by atoms with E-state index in [1.165, 1.54) is 0 Å². The van der Waals surface area contributed by atoms with E-state index in [-0.39, 0.29) is 18.7 Å². The van der Waals surface area contributed by atoms with Gasteiger partial charge in [-0.25, -0.2) is 9.79 Å². The minimum Gasteiger partial charge on any atom is -0.482 e. The van der Waals surface area contributed by atoms with E-state index in [4.69, 9.17) is 13.9 Å². The van der Waals surface area contributed by atoms with Gasteiger partial charge >= 0.3 is 5.97 Å². The van der Waals surface area contributed by atoms with Crippen molar-refractivity contribution in [2.45, 2.75) is 20.0 Å². The van der Waals surface area contributed by atoms with Crippen molar-refractivity contribution in [3.8, 4) is 5.75 Å². The molecule has 0 spiro atoms. The zero-order valence-corrected chi connectivity index (χ0v) is 12.0. The monoisotopic (exact) mass is 287 g/mol. The van der Waals surface area contributed by atoms with Crippen molar-refractivity contribution in [2.75, 3.05) is 6.61 Å². The van der Waals surface area contributed by atoms with Crippen LogP contribution in [-0.2, 0) is 9.53 Å². The normalized spacial score (nSPS) is 11.0. The Morgan fingerprint density at radius 3 is 2.67 bits per heavy atom. The first-order valence-electron chi connectivity index (χ1n) is 6.63. The summed E-state index contributed by atoms with van der Waals surface area (Å²) in [5.41, 5.74) is 0.906. The van der Waals surface area contributed by atoms with E-state index < -0.39 is 0 Å². The number of furan rings is 1. The number of carbonyl (C=O) groups excluding carboxylic acids is 1. The van der Waals surface area contributed by atoms with Crippen LogP contribution in [0.2, 0.25) is 0 Å². The van der Waals surface area contributed by atoms with Gasteiger partial charge in [0.2, 0.25) is 5.88 Å². The number of nitrogens with zero attached hydrogens (tertiary/aromatic N) is 1. The molecule has 0 N–H and O–H groups in total. The highest BCUT2D eigenvalue weighted by molar-refractivity contribution is 5.81. The molecule has 0 radical (unpaired) electrons. The van der Waals surface area contributed by atoms with E-state index in [1.807, 2.05) is 12.1 Å². The Labute approximate surface area is 123 Å². The summed E-state index contributed by atoms with van der Waals surface area (Å²) in [7, 11) is 0. The fraction of sp³-hybridized carbons (Fsp3) is 0.250. The maximum absolute atomic E-state index is 11.3. The molecule has 1 heterocycles. The Morgan fingerprint density at radius 1 is 1.29 bits per heavy atom. The highest BCUT2D eigenvalue weighted by atomic mass is 16.6. The predicted octanol–water partition coefficient (Wildman–Crippen LogP) is 3.36. The van der Waals surface area contributed by atoms with Crippen molar-refractivity contribution in [2.24, 2.45) is 4.99 Å². The molecule has 0 aliphatic heterocycles. The molecule has 5 heteroatoms. The summed E-state index contributed by atoms with van der Waals surface area (Å²) >= 11 is 0. The van der Waals surface area contributed by atoms with E-state index >= 15 is 0 Å². The predicted molar refractivity (Wildman–Crippen MR) is 79.1 cm³/mol. The van der Waals surface area contributed by atoms with Crippen LogP contribution in [0.15, 0.2) is 52.1 Å². The number of benzene rings is 1. The largest absolute Gasteiger partial charge is 0.482 e. The molecule has 0 saturated heterocycles. The fourth-order valence-electron chi connectivity index (χ4n) is 1.57. The number of esters is 1. The minimum absolute atomic E-state index is 0.0992. The van der Waals surface area contributed by atoms with Gasteiger partial charge in [0.15, 0.2) is 6.61 Å². The zero-order chi connectivity index (χ0) is 15.1. The summed E-state index contributed by atoms with van der Waals surface area (Å²) < 4.78 is 15.4. The first-order valence-corrected chi connectivity index (χ1v) is 6.63. The summed E-state index contributed by atoms with van der Waals surface area (Å²) in [6.07, 6.45) is 3.12. The molecule has 2 aromatic rings. The van der Waals surface area contributed by atoms with Crippen LogP contribution in [0.25, 0.3) is 0 Å². The van der Waals surface area contributed by atoms with Crippen molar-refractivity contribution in [1.82, 2.24) is 0 Å². The molecule has 2 rings (SSSR count). The maximum atomic E-state index is 11.3. The van der Waals surface area contributed by atoms with Crippen molar-refractivity contribution in [1.29, 1.82) is 0 Å². The molecular weight excluding hydrogens is 270 g/mol. The van der Waals surface area contributed by atoms with Crippen LogP contribution in [-0.4, -0.2) is 24.9 Å². The SMILES string of the molecule is CC(C)OC(=O)COc1ccc(C=Nc2ccco2)cc1. The number of hydrogen-bond acceptors (Lipinski definition) is 5. The Kier molecular flexibility index (Phi) is 5.15. The van der Waals surface area contributed by atoms with Crippen LogP contribution >= 0.6 is 0 Å². The molecule has 0 amide bonds. The topological polar surface area (TPSA) is 61.0 Å². The lowest BCUT2D eigenvalue weighted by Gasteiger charge is -2.09. The number of hydrogen-bond donors (Lipinski definition) is 0. The van der Waals surface area contributed by atoms with Gasteiger partial charge in [0.25, 0.3) is 0 Å². The first kappa shape index (κ1) is 14.8. The molecule has 0 saturated carbocycles. The molecule has 0 bridgehead atoms. The molecular formula is C16H17NO4. The van der Waals surface area contributed by atoms with Crippen molar-refractivity contribution >= 4 is 18.1 Å². The van der Waals surface area contributed by atoms with E-state index in [0.29, 0.717) is 11.6 Å². The second-order valence-corrected chi connectivity index (χ2v) is 4.61. The number of carbonyl (C=O) groups is 1. The molecule has 0 fully saturated rings. The molecule has 0 unspecified atom stereocenters. The Morgan fingerprint density at radius 2 is 2.05 bits per heavy atom. The van der Waals surface area contributed by atoms with Crippen molar-refractivity contribution < 1.29 is 18.7 Å². The van der Waals surface area contributed by atoms with Crippen LogP contribution in [0.3, 0.4) is 0 Å². The summed E-state index contributed by atoms with van der Waals surface area (Å²) in [6.45, 7) is 3.49. The van der Waals surface area contributed by atoms with Gasteiger partial charge in [-0.05, 0) is 49.7 Å². The van der Waals surface area contributed by atoms with Crippen LogP contribution in [0, 0.1) is 0 Å². The van der Waals surface area contributed by atoms with Crippen LogP contribution in [0.1, 0.15) is 19.4 Å². The zero-order valence-electron chi connectivity index (χ0n) is 12.0. The highest BCUT2D eigenvalue weighted by Crippen LogP contribution is 2.14. The van der Waals surface area contributed by atoms with Gasteiger partial charge in [-0.3, -0.25) is 0 Å². The molecule has 0 aliphatic carbocycles. The van der Waals surface area contributed by atoms with E-state index in [0.717, 1.165) is 5.56 Å². The minimum atomic E-state index is -0.381. The van der Waals surface area contributed by atoms with E-state index in [1.54, 1.807) is 50.6 Å². The average molecular weight is 287 g/mol. The van der Waals surface area contributed by atoms with Crippen molar-refractivity contribution in [3.63, 3.8) is 0 Å². The summed E-state index contributed by atoms with van der Waals surface area (Å²) in [4.78, 5) is 15.5. The Balaban J connectivity index is 1.86. The van der Waals surface area contributed by atoms with Gasteiger partial charge in [0.05, 0.1) is 12.4 Å². The Bertz CT molecular complexity index is 585. The quantitative estimate of drug-likeness (QED) is 0.603. The second kappa shape index (κ2) is 7.28. The van der Waals surface area contributed by atoms with Crippen molar-refractivity contribution in [3.05, 3.63) is 48.2 Å². The molecule has 21 heavy (non-hydrogen) atoms. The Hall–Kier alpha value is -2.56. The third-order valence-electron chi connectivity index (χ3n) is 2.45. The third kappa shape index (κ3) is 5.14. The number of ether oxygens (including phenoxy) is 2. The molecule has 1 aromatic heterocycles. The highest BCUT2D eigenvalue weighted by Gasteiger charge is 2.06. The average Bonchev–Trinajstić information content (AvgIpc) is 2.96. The van der Waals surface area contributed by atoms with Crippen LogP contribution in [0.4, 0.5) is 5.88 Å². The third-order valence-corrected chi connectivity index (χ3v) is 2.45. The maximum Gasteiger partial charge on any atom is 0.344 e. The summed E-state index contributed by atoms with van der Waals surface area (Å²) in [5.74, 6) is 0.770. The summed E-state index contributed by atoms with van der Waals surface area (Å²) in [6, 6.07) is 10.8. The van der Waals surface area contributed by atoms with E-state index in [9.17, 15) is 4.79 Å². The second-order valence-electron chi connectivity index (χ2n) is 4.61. The molecule has 0 aliphatic rings. The number of aliphatic imine (C=N–C) groups is 1. The fourth-order valence-corrected chi connectivity index (χ4v) is 1.57. The van der Waals surface area contributed by atoms with Gasteiger partial charge in [-0.15, -0.1) is 0 Å². The lowest BCUT2D eigenvalue weighted by Crippen LogP contribution is -2.18. The molecule has 110 valence electrons. The van der Waals surface area contributed by atoms with E-state index in [2.05, 4.69) is 4.99 Å². The van der Waals surface area contributed by atoms with Gasteiger partial charge in [-0.1, -0.05) is 0 Å². The van der Waals surface area contributed by atoms with Crippen LogP contribution in [0.5, 0.6) is 5.75 Å². The molecule has 1 aromatic carbocycles.